The molecule has 0 bridgehead atoms. The van der Waals surface area contributed by atoms with Crippen LogP contribution in [0.5, 0.6) is 0 Å². The fourth-order valence-electron chi connectivity index (χ4n) is 2.18. The van der Waals surface area contributed by atoms with Gasteiger partial charge in [0.2, 0.25) is 0 Å². The number of alkyl halides is 1. The van der Waals surface area contributed by atoms with Gasteiger partial charge in [-0.2, -0.15) is 0 Å². The highest BCUT2D eigenvalue weighted by molar-refractivity contribution is 9.11. The molecule has 10 heteroatoms. The number of thioether (sulfide) groups is 1. The first-order chi connectivity index (χ1) is 11.1. The fourth-order valence-corrected chi connectivity index (χ4v) is 4.63. The Hall–Kier alpha value is -1.29. The third-order valence-corrected chi connectivity index (χ3v) is 5.38. The van der Waals surface area contributed by atoms with Crippen LogP contribution in [0.1, 0.15) is 27.7 Å². The average Bonchev–Trinajstić information content (AvgIpc) is 2.42. The molecule has 5 atom stereocenters. The topological polar surface area (TPSA) is 105 Å². The molecular formula is C14H19BrO8S. The minimum absolute atomic E-state index is 0.0510. The Labute approximate surface area is 152 Å². The SMILES string of the molecule is CC(=O)OC[C@H]1S[C@@H](Br)[C@H](OC(C)=O)[C@@H](OC(C)=O)[C@@H]1OC(C)=O. The average molecular weight is 427 g/mol. The molecule has 0 amide bonds. The summed E-state index contributed by atoms with van der Waals surface area (Å²) in [5.41, 5.74) is 0. The summed E-state index contributed by atoms with van der Waals surface area (Å²) in [5, 5.41) is -0.502. The Morgan fingerprint density at radius 2 is 1.25 bits per heavy atom. The monoisotopic (exact) mass is 426 g/mol. The number of rotatable bonds is 5. The van der Waals surface area contributed by atoms with Gasteiger partial charge in [-0.3, -0.25) is 19.2 Å². The minimum Gasteiger partial charge on any atom is -0.465 e. The van der Waals surface area contributed by atoms with Crippen molar-refractivity contribution in [3.8, 4) is 0 Å². The summed E-state index contributed by atoms with van der Waals surface area (Å²) in [6, 6.07) is 0. The standard InChI is InChI=1S/C14H19BrO8S/c1-6(16)20-5-10-11(21-7(2)17)12(22-8(3)18)13(14(15)24-10)23-9(4)19/h10-14H,5H2,1-4H3/t10-,11-,12+,13-,14-/m1/s1. The first kappa shape index (κ1) is 20.8. The Morgan fingerprint density at radius 3 is 1.71 bits per heavy atom. The minimum atomic E-state index is -1.03. The van der Waals surface area contributed by atoms with Gasteiger partial charge in [-0.15, -0.1) is 11.8 Å². The van der Waals surface area contributed by atoms with E-state index in [0.717, 1.165) is 0 Å². The molecule has 136 valence electrons. The first-order valence-electron chi connectivity index (χ1n) is 7.06. The van der Waals surface area contributed by atoms with Gasteiger partial charge >= 0.3 is 23.9 Å². The number of halogens is 1. The second-order valence-corrected chi connectivity index (χ2v) is 8.03. The molecule has 24 heavy (non-hydrogen) atoms. The van der Waals surface area contributed by atoms with Gasteiger partial charge in [0, 0.05) is 27.7 Å². The summed E-state index contributed by atoms with van der Waals surface area (Å²) in [7, 11) is 0. The number of hydrogen-bond donors (Lipinski definition) is 0. The number of ether oxygens (including phenoxy) is 4. The highest BCUT2D eigenvalue weighted by Gasteiger charge is 2.50. The predicted molar refractivity (Wildman–Crippen MR) is 87.4 cm³/mol. The summed E-state index contributed by atoms with van der Waals surface area (Å²) in [6.45, 7) is 4.83. The van der Waals surface area contributed by atoms with Crippen molar-refractivity contribution in [2.75, 3.05) is 6.61 Å². The molecule has 0 aromatic heterocycles. The number of carbonyl (C=O) groups is 4. The third-order valence-electron chi connectivity index (χ3n) is 2.93. The molecule has 1 heterocycles. The van der Waals surface area contributed by atoms with E-state index in [9.17, 15) is 19.2 Å². The van der Waals surface area contributed by atoms with Crippen LogP contribution in [0.2, 0.25) is 0 Å². The van der Waals surface area contributed by atoms with Crippen molar-refractivity contribution in [2.24, 2.45) is 0 Å². The summed E-state index contributed by atoms with van der Waals surface area (Å²) in [4.78, 5) is 45.3. The molecule has 0 radical (unpaired) electrons. The molecule has 0 saturated carbocycles. The zero-order chi connectivity index (χ0) is 18.4. The third kappa shape index (κ3) is 6.31. The van der Waals surface area contributed by atoms with Crippen molar-refractivity contribution in [3.63, 3.8) is 0 Å². The maximum absolute atomic E-state index is 11.4. The maximum Gasteiger partial charge on any atom is 0.303 e. The van der Waals surface area contributed by atoms with E-state index in [-0.39, 0.29) is 6.61 Å². The van der Waals surface area contributed by atoms with Gasteiger partial charge in [0.15, 0.2) is 18.3 Å². The van der Waals surface area contributed by atoms with Crippen LogP contribution in [0.25, 0.3) is 0 Å². The molecule has 1 rings (SSSR count). The lowest BCUT2D eigenvalue weighted by molar-refractivity contribution is -0.183. The van der Waals surface area contributed by atoms with Gasteiger partial charge in [-0.25, -0.2) is 0 Å². The molecule has 0 spiro atoms. The van der Waals surface area contributed by atoms with Gasteiger partial charge in [0.05, 0.1) is 5.25 Å². The van der Waals surface area contributed by atoms with E-state index in [2.05, 4.69) is 15.9 Å². The highest BCUT2D eigenvalue weighted by atomic mass is 79.9. The van der Waals surface area contributed by atoms with Gasteiger partial charge < -0.3 is 18.9 Å². The number of carbonyl (C=O) groups excluding carboxylic acids is 4. The van der Waals surface area contributed by atoms with Crippen molar-refractivity contribution in [1.82, 2.24) is 0 Å². The molecule has 0 unspecified atom stereocenters. The fraction of sp³-hybridized carbons (Fsp3) is 0.714. The zero-order valence-electron chi connectivity index (χ0n) is 13.6. The van der Waals surface area contributed by atoms with E-state index in [1.165, 1.54) is 39.5 Å². The summed E-state index contributed by atoms with van der Waals surface area (Å²) < 4.78 is 20.3. The summed E-state index contributed by atoms with van der Waals surface area (Å²) >= 11 is 4.62. The Balaban J connectivity index is 3.11. The second-order valence-electron chi connectivity index (χ2n) is 5.05. The van der Waals surface area contributed by atoms with Gasteiger partial charge in [0.25, 0.3) is 0 Å². The molecule has 0 N–H and O–H groups in total. The molecule has 8 nitrogen and oxygen atoms in total. The number of hydrogen-bond acceptors (Lipinski definition) is 9. The van der Waals surface area contributed by atoms with Crippen molar-refractivity contribution in [1.29, 1.82) is 0 Å². The van der Waals surface area contributed by atoms with Crippen LogP contribution in [0.3, 0.4) is 0 Å². The smallest absolute Gasteiger partial charge is 0.303 e. The largest absolute Gasteiger partial charge is 0.465 e. The van der Waals surface area contributed by atoms with Crippen molar-refractivity contribution in [2.45, 2.75) is 55.4 Å². The molecule has 1 aliphatic heterocycles. The van der Waals surface area contributed by atoms with Crippen molar-refractivity contribution < 1.29 is 38.1 Å². The molecular weight excluding hydrogens is 408 g/mol. The molecule has 1 fully saturated rings. The van der Waals surface area contributed by atoms with E-state index < -0.39 is 51.6 Å². The van der Waals surface area contributed by atoms with E-state index in [1.54, 1.807) is 0 Å². The molecule has 0 aromatic rings. The van der Waals surface area contributed by atoms with E-state index in [0.29, 0.717) is 0 Å². The molecule has 0 aliphatic carbocycles. The van der Waals surface area contributed by atoms with E-state index >= 15 is 0 Å². The highest BCUT2D eigenvalue weighted by Crippen LogP contribution is 2.40. The lowest BCUT2D eigenvalue weighted by Gasteiger charge is -2.42. The normalized spacial score (nSPS) is 29.3. The predicted octanol–water partition coefficient (Wildman–Crippen LogP) is 1.18. The van der Waals surface area contributed by atoms with Gasteiger partial charge in [0.1, 0.15) is 10.8 Å². The molecule has 0 aromatic carbocycles. The van der Waals surface area contributed by atoms with Crippen LogP contribution in [0.4, 0.5) is 0 Å². The Bertz CT molecular complexity index is 511. The summed E-state index contributed by atoms with van der Waals surface area (Å²) in [6.07, 6.45) is -2.83. The van der Waals surface area contributed by atoms with Crippen LogP contribution in [0.15, 0.2) is 0 Å². The van der Waals surface area contributed by atoms with Crippen LogP contribution in [0, 0.1) is 0 Å². The van der Waals surface area contributed by atoms with Gasteiger partial charge in [-0.05, 0) is 0 Å². The van der Waals surface area contributed by atoms with Crippen LogP contribution in [-0.4, -0.2) is 58.2 Å². The number of esters is 4. The molecule has 1 aliphatic rings. The Morgan fingerprint density at radius 1 is 0.792 bits per heavy atom. The van der Waals surface area contributed by atoms with Crippen LogP contribution in [-0.2, 0) is 38.1 Å². The second kappa shape index (κ2) is 9.26. The van der Waals surface area contributed by atoms with Crippen LogP contribution >= 0.6 is 27.7 Å². The lowest BCUT2D eigenvalue weighted by atomic mass is 10.0. The van der Waals surface area contributed by atoms with E-state index in [1.807, 2.05) is 0 Å². The van der Waals surface area contributed by atoms with Crippen LogP contribution < -0.4 is 0 Å². The molecule has 1 saturated heterocycles. The van der Waals surface area contributed by atoms with Crippen molar-refractivity contribution >= 4 is 51.6 Å². The zero-order valence-corrected chi connectivity index (χ0v) is 16.0. The Kier molecular flexibility index (Phi) is 8.01. The maximum atomic E-state index is 11.4. The lowest BCUT2D eigenvalue weighted by Crippen LogP contribution is -2.57. The van der Waals surface area contributed by atoms with Crippen molar-refractivity contribution in [3.05, 3.63) is 0 Å². The quantitative estimate of drug-likeness (QED) is 0.363. The van der Waals surface area contributed by atoms with Gasteiger partial charge in [-0.1, -0.05) is 15.9 Å². The van der Waals surface area contributed by atoms with E-state index in [4.69, 9.17) is 18.9 Å². The first-order valence-corrected chi connectivity index (χ1v) is 8.92. The summed E-state index contributed by atoms with van der Waals surface area (Å²) in [5.74, 6) is -2.27.